The zero-order chi connectivity index (χ0) is 30.3. The first-order chi connectivity index (χ1) is 20.1. The molecule has 0 saturated carbocycles. The maximum Gasteiger partial charge on any atom is 0.303 e. The van der Waals surface area contributed by atoms with E-state index in [1.54, 1.807) is 32.0 Å². The lowest BCUT2D eigenvalue weighted by atomic mass is 9.84. The minimum absolute atomic E-state index is 0.0104. The highest BCUT2D eigenvalue weighted by Gasteiger charge is 2.30. The Morgan fingerprint density at radius 1 is 1.02 bits per heavy atom. The van der Waals surface area contributed by atoms with Crippen LogP contribution in [0.3, 0.4) is 0 Å². The summed E-state index contributed by atoms with van der Waals surface area (Å²) in [5, 5.41) is 25.6. The van der Waals surface area contributed by atoms with Gasteiger partial charge in [-0.15, -0.1) is 0 Å². The average Bonchev–Trinajstić information content (AvgIpc) is 2.97. The Morgan fingerprint density at radius 3 is 2.40 bits per heavy atom. The number of halogens is 1. The fourth-order valence-electron chi connectivity index (χ4n) is 4.71. The zero-order valence-corrected chi connectivity index (χ0v) is 23.5. The third kappa shape index (κ3) is 7.25. The Morgan fingerprint density at radius 2 is 1.74 bits per heavy atom. The highest BCUT2D eigenvalue weighted by molar-refractivity contribution is 6.05. The summed E-state index contributed by atoms with van der Waals surface area (Å²) in [4.78, 5) is 42.4. The molecule has 0 aliphatic rings. The molecule has 0 atom stereocenters. The van der Waals surface area contributed by atoms with Crippen molar-refractivity contribution in [3.8, 4) is 5.69 Å². The molecule has 0 fully saturated rings. The topological polar surface area (TPSA) is 134 Å². The van der Waals surface area contributed by atoms with Gasteiger partial charge in [-0.2, -0.15) is 0 Å². The molecule has 3 aromatic carbocycles. The molecule has 0 aliphatic carbocycles. The number of unbranched alkanes of at least 4 members (excludes halogenated alkanes) is 1. The molecule has 0 unspecified atom stereocenters. The van der Waals surface area contributed by atoms with E-state index in [1.807, 2.05) is 30.3 Å². The van der Waals surface area contributed by atoms with E-state index in [0.717, 1.165) is 5.56 Å². The van der Waals surface area contributed by atoms with Crippen LogP contribution in [0.5, 0.6) is 0 Å². The van der Waals surface area contributed by atoms with Crippen molar-refractivity contribution in [3.05, 3.63) is 106 Å². The number of aliphatic carboxylic acids is 1. The molecule has 42 heavy (non-hydrogen) atoms. The molecule has 0 saturated heterocycles. The number of carboxylic acids is 1. The number of hydrogen-bond acceptors (Lipinski definition) is 6. The van der Waals surface area contributed by atoms with Gasteiger partial charge in [0.25, 0.3) is 5.56 Å². The molecule has 4 rings (SSSR count). The molecule has 10 heteroatoms. The van der Waals surface area contributed by atoms with Gasteiger partial charge < -0.3 is 15.6 Å². The van der Waals surface area contributed by atoms with Crippen molar-refractivity contribution in [3.63, 3.8) is 0 Å². The van der Waals surface area contributed by atoms with Crippen LogP contribution in [0.1, 0.15) is 56.5 Å². The summed E-state index contributed by atoms with van der Waals surface area (Å²) in [7, 11) is 0. The highest BCUT2D eigenvalue weighted by atomic mass is 19.1. The molecular formula is C32H33FN4O5. The van der Waals surface area contributed by atoms with Gasteiger partial charge in [0, 0.05) is 36.8 Å². The zero-order valence-electron chi connectivity index (χ0n) is 23.5. The Labute approximate surface area is 242 Å². The standard InChI is InChI=1S/C32H33FN4O5/c1-32(2,31(41)34-20-21-8-4-3-5-9-21)19-27(36-42)22-12-17-25-26(18-22)35-28(10-6-7-11-29(38)39)37(30(25)40)24-15-13-23(33)14-16-24/h3-5,8-9,12-18,42H,6-7,10-11,19-20H2,1-2H3,(H,34,41)(H,38,39)/b36-27+. The van der Waals surface area contributed by atoms with E-state index in [4.69, 9.17) is 10.1 Å². The molecule has 9 nitrogen and oxygen atoms in total. The summed E-state index contributed by atoms with van der Waals surface area (Å²) >= 11 is 0. The van der Waals surface area contributed by atoms with E-state index in [9.17, 15) is 24.0 Å². The van der Waals surface area contributed by atoms with E-state index in [2.05, 4.69) is 10.5 Å². The monoisotopic (exact) mass is 572 g/mol. The SMILES string of the molecule is CC(C)(C/C(=N\O)c1ccc2c(=O)n(-c3ccc(F)cc3)c(CCCCC(=O)O)nc2c1)C(=O)NCc1ccccc1. The Balaban J connectivity index is 1.64. The Hall–Kier alpha value is -4.86. The third-order valence-electron chi connectivity index (χ3n) is 7.04. The van der Waals surface area contributed by atoms with Crippen LogP contribution in [0.2, 0.25) is 0 Å². The Bertz CT molecular complexity index is 1660. The van der Waals surface area contributed by atoms with Crippen LogP contribution < -0.4 is 10.9 Å². The minimum Gasteiger partial charge on any atom is -0.481 e. The third-order valence-corrected chi connectivity index (χ3v) is 7.04. The molecule has 1 aromatic heterocycles. The molecule has 0 spiro atoms. The summed E-state index contributed by atoms with van der Waals surface area (Å²) in [6.45, 7) is 3.88. The van der Waals surface area contributed by atoms with Gasteiger partial charge in [0.1, 0.15) is 11.6 Å². The molecule has 0 bridgehead atoms. The van der Waals surface area contributed by atoms with Crippen LogP contribution in [0.15, 0.2) is 82.7 Å². The second-order valence-electron chi connectivity index (χ2n) is 10.8. The second-order valence-corrected chi connectivity index (χ2v) is 10.8. The lowest BCUT2D eigenvalue weighted by Crippen LogP contribution is -2.38. The number of nitrogens with one attached hydrogen (secondary N) is 1. The summed E-state index contributed by atoms with van der Waals surface area (Å²) in [6.07, 6.45) is 1.29. The maximum atomic E-state index is 13.6. The molecule has 0 radical (unpaired) electrons. The number of rotatable bonds is 12. The molecule has 3 N–H and O–H groups in total. The van der Waals surface area contributed by atoms with Crippen LogP contribution >= 0.6 is 0 Å². The molecule has 1 heterocycles. The molecular weight excluding hydrogens is 539 g/mol. The molecule has 1 amide bonds. The maximum absolute atomic E-state index is 13.6. The van der Waals surface area contributed by atoms with Gasteiger partial charge in [0.2, 0.25) is 5.91 Å². The van der Waals surface area contributed by atoms with Crippen LogP contribution in [0.4, 0.5) is 4.39 Å². The first-order valence-electron chi connectivity index (χ1n) is 13.7. The fraction of sp³-hybridized carbons (Fsp3) is 0.281. The number of carbonyl (C=O) groups excluding carboxylic acids is 1. The van der Waals surface area contributed by atoms with Gasteiger partial charge in [0.05, 0.1) is 22.3 Å². The van der Waals surface area contributed by atoms with E-state index in [1.165, 1.54) is 28.8 Å². The molecule has 4 aromatic rings. The first-order valence-corrected chi connectivity index (χ1v) is 13.7. The van der Waals surface area contributed by atoms with E-state index in [-0.39, 0.29) is 30.0 Å². The van der Waals surface area contributed by atoms with Gasteiger partial charge in [0.15, 0.2) is 0 Å². The Kier molecular flexibility index (Phi) is 9.46. The quantitative estimate of drug-likeness (QED) is 0.0921. The summed E-state index contributed by atoms with van der Waals surface area (Å²) in [5.41, 5.74) is 1.23. The predicted molar refractivity (Wildman–Crippen MR) is 157 cm³/mol. The largest absolute Gasteiger partial charge is 0.481 e. The summed E-state index contributed by atoms with van der Waals surface area (Å²) in [5.74, 6) is -1.17. The van der Waals surface area contributed by atoms with Crippen LogP contribution in [0, 0.1) is 11.2 Å². The number of aromatic nitrogens is 2. The van der Waals surface area contributed by atoms with Crippen LogP contribution in [0.25, 0.3) is 16.6 Å². The fourth-order valence-corrected chi connectivity index (χ4v) is 4.71. The van der Waals surface area contributed by atoms with Gasteiger partial charge >= 0.3 is 5.97 Å². The number of carbonyl (C=O) groups is 2. The number of fused-ring (bicyclic) bond motifs is 1. The van der Waals surface area contributed by atoms with Crippen LogP contribution in [-0.2, 0) is 22.6 Å². The minimum atomic E-state index is -0.917. The highest BCUT2D eigenvalue weighted by Crippen LogP contribution is 2.26. The van der Waals surface area contributed by atoms with Crippen molar-refractivity contribution < 1.29 is 24.3 Å². The van der Waals surface area contributed by atoms with Crippen LogP contribution in [-0.4, -0.2) is 37.5 Å². The number of oxime groups is 1. The van der Waals surface area contributed by atoms with Crippen molar-refractivity contribution in [2.75, 3.05) is 0 Å². The summed E-state index contributed by atoms with van der Waals surface area (Å²) in [6, 6.07) is 19.9. The second kappa shape index (κ2) is 13.2. The van der Waals surface area contributed by atoms with Crippen molar-refractivity contribution in [1.82, 2.24) is 14.9 Å². The predicted octanol–water partition coefficient (Wildman–Crippen LogP) is 5.23. The van der Waals surface area contributed by atoms with E-state index < -0.39 is 17.2 Å². The molecule has 0 aliphatic heterocycles. The lowest BCUT2D eigenvalue weighted by Gasteiger charge is -2.24. The number of amides is 1. The smallest absolute Gasteiger partial charge is 0.303 e. The van der Waals surface area contributed by atoms with E-state index in [0.29, 0.717) is 53.8 Å². The first kappa shape index (κ1) is 30.1. The van der Waals surface area contributed by atoms with Gasteiger partial charge in [-0.05, 0) is 54.8 Å². The van der Waals surface area contributed by atoms with Crippen molar-refractivity contribution in [2.24, 2.45) is 10.6 Å². The normalized spacial score (nSPS) is 11.9. The van der Waals surface area contributed by atoms with Gasteiger partial charge in [-0.3, -0.25) is 19.0 Å². The summed E-state index contributed by atoms with van der Waals surface area (Å²) < 4.78 is 15.0. The number of carboxylic acid groups (broad SMARTS) is 1. The number of hydrogen-bond donors (Lipinski definition) is 3. The van der Waals surface area contributed by atoms with Crippen molar-refractivity contribution >= 4 is 28.5 Å². The van der Waals surface area contributed by atoms with Gasteiger partial charge in [-0.25, -0.2) is 9.37 Å². The van der Waals surface area contributed by atoms with Crippen molar-refractivity contribution in [1.29, 1.82) is 0 Å². The van der Waals surface area contributed by atoms with E-state index >= 15 is 0 Å². The number of aryl methyl sites for hydroxylation is 1. The lowest BCUT2D eigenvalue weighted by molar-refractivity contribution is -0.137. The van der Waals surface area contributed by atoms with Gasteiger partial charge in [-0.1, -0.05) is 55.4 Å². The van der Waals surface area contributed by atoms with Crippen molar-refractivity contribution in [2.45, 2.75) is 52.5 Å². The number of nitrogens with zero attached hydrogens (tertiary/aromatic N) is 3. The number of benzene rings is 3. The molecule has 218 valence electrons. The average molecular weight is 573 g/mol.